The van der Waals surface area contributed by atoms with Gasteiger partial charge < -0.3 is 15.0 Å². The van der Waals surface area contributed by atoms with Crippen molar-refractivity contribution < 1.29 is 22.7 Å². The second kappa shape index (κ2) is 9.41. The largest absolute Gasteiger partial charge is 0.449 e. The van der Waals surface area contributed by atoms with E-state index in [9.17, 15) is 18.0 Å². The van der Waals surface area contributed by atoms with E-state index >= 15 is 0 Å². The van der Waals surface area contributed by atoms with Crippen LogP contribution in [0, 0.1) is 0 Å². The van der Waals surface area contributed by atoms with Crippen LogP contribution >= 0.6 is 11.6 Å². The highest BCUT2D eigenvalue weighted by atomic mass is 35.5. The summed E-state index contributed by atoms with van der Waals surface area (Å²) in [4.78, 5) is 40.0. The Morgan fingerprint density at radius 2 is 1.94 bits per heavy atom. The third-order valence-electron chi connectivity index (χ3n) is 5.23. The van der Waals surface area contributed by atoms with Gasteiger partial charge in [-0.2, -0.15) is 4.31 Å². The fraction of sp³-hybridized carbons (Fsp3) is 0.350. The Bertz CT molecular complexity index is 1310. The van der Waals surface area contributed by atoms with Crippen LogP contribution in [0.2, 0.25) is 5.02 Å². The van der Waals surface area contributed by atoms with Gasteiger partial charge in [0.2, 0.25) is 10.0 Å². The van der Waals surface area contributed by atoms with Gasteiger partial charge in [0, 0.05) is 13.1 Å². The predicted octanol–water partition coefficient (Wildman–Crippen LogP) is 2.36. The minimum Gasteiger partial charge on any atom is -0.449 e. The first-order valence-electron chi connectivity index (χ1n) is 10.2. The summed E-state index contributed by atoms with van der Waals surface area (Å²) in [6, 6.07) is 3.86. The first-order chi connectivity index (χ1) is 15.8. The summed E-state index contributed by atoms with van der Waals surface area (Å²) in [6.07, 6.45) is 3.97. The maximum absolute atomic E-state index is 12.9. The fourth-order valence-corrected chi connectivity index (χ4v) is 5.17. The van der Waals surface area contributed by atoms with Crippen molar-refractivity contribution in [3.8, 4) is 0 Å². The summed E-state index contributed by atoms with van der Waals surface area (Å²) in [7, 11) is -3.77. The third-order valence-corrected chi connectivity index (χ3v) is 7.45. The van der Waals surface area contributed by atoms with Crippen LogP contribution in [0.3, 0.4) is 0 Å². The zero-order chi connectivity index (χ0) is 23.6. The van der Waals surface area contributed by atoms with Crippen LogP contribution < -0.4 is 5.32 Å². The Labute approximate surface area is 194 Å². The summed E-state index contributed by atoms with van der Waals surface area (Å²) in [5, 5.41) is 2.56. The minimum atomic E-state index is -3.77. The van der Waals surface area contributed by atoms with Crippen molar-refractivity contribution in [2.75, 3.05) is 18.4 Å². The number of nitrogens with zero attached hydrogens (tertiary/aromatic N) is 4. The summed E-state index contributed by atoms with van der Waals surface area (Å²) in [6.45, 7) is 2.23. The number of sulfonamides is 1. The molecule has 174 valence electrons. The van der Waals surface area contributed by atoms with Crippen molar-refractivity contribution in [2.24, 2.45) is 0 Å². The average Bonchev–Trinajstić information content (AvgIpc) is 3.29. The lowest BCUT2D eigenvalue weighted by Crippen LogP contribution is -2.35. The number of hydrogen-bond donors (Lipinski definition) is 2. The van der Waals surface area contributed by atoms with E-state index in [2.05, 4.69) is 25.3 Å². The summed E-state index contributed by atoms with van der Waals surface area (Å²) >= 11 is 6.13. The maximum atomic E-state index is 12.9. The number of imidazole rings is 1. The molecule has 3 aromatic rings. The quantitative estimate of drug-likeness (QED) is 0.498. The number of hydrogen-bond acceptors (Lipinski definition) is 8. The topological polar surface area (TPSA) is 147 Å². The number of aromatic nitrogens is 4. The van der Waals surface area contributed by atoms with E-state index in [1.165, 1.54) is 42.1 Å². The molecule has 2 aromatic heterocycles. The van der Waals surface area contributed by atoms with Gasteiger partial charge in [-0.1, -0.05) is 18.0 Å². The molecule has 2 N–H and O–H groups in total. The Morgan fingerprint density at radius 1 is 1.18 bits per heavy atom. The first-order valence-corrected chi connectivity index (χ1v) is 12.0. The van der Waals surface area contributed by atoms with Crippen molar-refractivity contribution >= 4 is 50.5 Å². The summed E-state index contributed by atoms with van der Waals surface area (Å²) < 4.78 is 32.5. The number of nitrogens with one attached hydrogen (secondary N) is 2. The number of anilines is 1. The number of aromatic amines is 1. The second-order valence-corrected chi connectivity index (χ2v) is 9.81. The van der Waals surface area contributed by atoms with E-state index in [4.69, 9.17) is 16.3 Å². The molecule has 0 spiro atoms. The molecule has 1 atom stereocenters. The van der Waals surface area contributed by atoms with Crippen molar-refractivity contribution in [2.45, 2.75) is 37.2 Å². The van der Waals surface area contributed by atoms with Crippen LogP contribution in [-0.2, 0) is 19.6 Å². The Hall–Kier alpha value is -3.09. The van der Waals surface area contributed by atoms with Crippen molar-refractivity contribution in [3.63, 3.8) is 0 Å². The number of esters is 1. The molecule has 0 bridgehead atoms. The molecule has 0 saturated carbocycles. The smallest absolute Gasteiger partial charge is 0.340 e. The SMILES string of the molecule is CC(OC(=O)c1cc(S(=O)(=O)N2CCCCC2)ccc1Cl)C(=O)Nc1ncnc2nc[nH]c12. The van der Waals surface area contributed by atoms with Gasteiger partial charge in [0.05, 0.1) is 21.8 Å². The Morgan fingerprint density at radius 3 is 2.70 bits per heavy atom. The van der Waals surface area contributed by atoms with Gasteiger partial charge in [0.1, 0.15) is 11.8 Å². The molecule has 1 aromatic carbocycles. The highest BCUT2D eigenvalue weighted by Gasteiger charge is 2.28. The van der Waals surface area contributed by atoms with Crippen molar-refractivity contribution in [1.29, 1.82) is 0 Å². The van der Waals surface area contributed by atoms with E-state index in [1.54, 1.807) is 0 Å². The van der Waals surface area contributed by atoms with E-state index in [1.807, 2.05) is 0 Å². The van der Waals surface area contributed by atoms with E-state index in [0.717, 1.165) is 19.3 Å². The summed E-state index contributed by atoms with van der Waals surface area (Å²) in [5.74, 6) is -1.39. The number of carbonyl (C=O) groups excluding carboxylic acids is 2. The number of carbonyl (C=O) groups is 2. The number of rotatable bonds is 6. The lowest BCUT2D eigenvalue weighted by molar-refractivity contribution is -0.123. The van der Waals surface area contributed by atoms with Crippen LogP contribution in [0.4, 0.5) is 5.82 Å². The van der Waals surface area contributed by atoms with E-state index < -0.39 is 28.0 Å². The van der Waals surface area contributed by atoms with Gasteiger partial charge in [-0.25, -0.2) is 28.2 Å². The van der Waals surface area contributed by atoms with Crippen LogP contribution in [0.15, 0.2) is 35.7 Å². The minimum absolute atomic E-state index is 0.0140. The normalized spacial score (nSPS) is 15.8. The molecule has 3 heterocycles. The first kappa shape index (κ1) is 23.1. The Balaban J connectivity index is 1.49. The number of ether oxygens (including phenoxy) is 1. The van der Waals surface area contributed by atoms with Gasteiger partial charge in [0.15, 0.2) is 17.6 Å². The number of halogens is 1. The molecule has 1 aliphatic rings. The van der Waals surface area contributed by atoms with Crippen molar-refractivity contribution in [3.05, 3.63) is 41.4 Å². The molecule has 11 nitrogen and oxygen atoms in total. The number of fused-ring (bicyclic) bond motifs is 1. The summed E-state index contributed by atoms with van der Waals surface area (Å²) in [5.41, 5.74) is 0.638. The molecule has 1 unspecified atom stereocenters. The zero-order valence-corrected chi connectivity index (χ0v) is 19.2. The van der Waals surface area contributed by atoms with Crippen molar-refractivity contribution in [1.82, 2.24) is 24.2 Å². The molecule has 1 saturated heterocycles. The molecule has 0 radical (unpaired) electrons. The van der Waals surface area contributed by atoms with Crippen LogP contribution in [0.25, 0.3) is 11.2 Å². The van der Waals surface area contributed by atoms with Gasteiger partial charge >= 0.3 is 5.97 Å². The van der Waals surface area contributed by atoms with Gasteiger partial charge in [-0.3, -0.25) is 4.79 Å². The lowest BCUT2D eigenvalue weighted by atomic mass is 10.2. The molecular formula is C20H21ClN6O5S. The Kier molecular flexibility index (Phi) is 6.58. The molecule has 0 aliphatic carbocycles. The highest BCUT2D eigenvalue weighted by Crippen LogP contribution is 2.26. The average molecular weight is 493 g/mol. The second-order valence-electron chi connectivity index (χ2n) is 7.47. The molecule has 13 heteroatoms. The number of amides is 1. The van der Waals surface area contributed by atoms with Crippen LogP contribution in [0.5, 0.6) is 0 Å². The number of piperidine rings is 1. The van der Waals surface area contributed by atoms with E-state index in [-0.39, 0.29) is 21.3 Å². The van der Waals surface area contributed by atoms with Gasteiger partial charge in [-0.05, 0) is 38.0 Å². The molecule has 1 amide bonds. The maximum Gasteiger partial charge on any atom is 0.340 e. The van der Waals surface area contributed by atoms with E-state index in [0.29, 0.717) is 24.3 Å². The third kappa shape index (κ3) is 4.82. The van der Waals surface area contributed by atoms with Gasteiger partial charge in [-0.15, -0.1) is 0 Å². The molecular weight excluding hydrogens is 472 g/mol. The molecule has 4 rings (SSSR count). The molecule has 33 heavy (non-hydrogen) atoms. The van der Waals surface area contributed by atoms with Crippen LogP contribution in [0.1, 0.15) is 36.5 Å². The monoisotopic (exact) mass is 492 g/mol. The van der Waals surface area contributed by atoms with Crippen LogP contribution in [-0.4, -0.2) is 63.7 Å². The zero-order valence-electron chi connectivity index (χ0n) is 17.6. The molecule has 1 aliphatic heterocycles. The lowest BCUT2D eigenvalue weighted by Gasteiger charge is -2.26. The highest BCUT2D eigenvalue weighted by molar-refractivity contribution is 7.89. The predicted molar refractivity (Wildman–Crippen MR) is 119 cm³/mol. The molecule has 1 fully saturated rings. The van der Waals surface area contributed by atoms with Gasteiger partial charge in [0.25, 0.3) is 5.91 Å². The number of benzene rings is 1. The standard InChI is InChI=1S/C20H21ClN6O5S/c1-12(19(28)26-18-16-17(23-10-22-16)24-11-25-18)32-20(29)14-9-13(5-6-15(14)21)33(30,31)27-7-3-2-4-8-27/h5-6,9-12H,2-4,7-8H2,1H3,(H2,22,23,24,25,26,28). The fourth-order valence-electron chi connectivity index (χ4n) is 3.43. The number of H-pyrrole nitrogens is 1.